The predicted molar refractivity (Wildman–Crippen MR) is 143 cm³/mol. The highest BCUT2D eigenvalue weighted by atomic mass is 16.5. The third-order valence-electron chi connectivity index (χ3n) is 11.1. The number of benzene rings is 2. The molecule has 4 aliphatic rings. The lowest BCUT2D eigenvalue weighted by Gasteiger charge is -2.60. The minimum absolute atomic E-state index is 0.0184. The fraction of sp³-hybridized carbons (Fsp3) is 0.576. The molecule has 0 aliphatic heterocycles. The molecule has 4 fully saturated rings. The predicted octanol–water partition coefficient (Wildman–Crippen LogP) is 7.48. The second-order valence-corrected chi connectivity index (χ2v) is 12.7. The van der Waals surface area contributed by atoms with Crippen molar-refractivity contribution in [2.75, 3.05) is 0 Å². The normalized spacial score (nSPS) is 38.5. The summed E-state index contributed by atoms with van der Waals surface area (Å²) in [6, 6.07) is 18.8. The lowest BCUT2D eigenvalue weighted by atomic mass is 9.45. The van der Waals surface area contributed by atoms with Gasteiger partial charge in [0.1, 0.15) is 12.2 Å². The highest BCUT2D eigenvalue weighted by Gasteiger charge is 2.61. The molecule has 0 radical (unpaired) electrons. The molecule has 0 saturated heterocycles. The molecular weight excluding hydrogens is 460 g/mol. The number of carbonyl (C=O) groups is 2. The van der Waals surface area contributed by atoms with Crippen LogP contribution in [0.3, 0.4) is 0 Å². The number of fused-ring (bicyclic) bond motifs is 5. The van der Waals surface area contributed by atoms with Crippen molar-refractivity contribution in [3.8, 4) is 0 Å². The van der Waals surface area contributed by atoms with Crippen LogP contribution in [0.1, 0.15) is 92.4 Å². The average Bonchev–Trinajstić information content (AvgIpc) is 3.25. The number of carbonyl (C=O) groups excluding carboxylic acids is 2. The number of rotatable bonds is 4. The zero-order chi connectivity index (χ0) is 25.6. The van der Waals surface area contributed by atoms with Gasteiger partial charge in [0.25, 0.3) is 0 Å². The van der Waals surface area contributed by atoms with E-state index in [1.165, 1.54) is 25.7 Å². The third kappa shape index (κ3) is 4.30. The van der Waals surface area contributed by atoms with Crippen molar-refractivity contribution in [1.29, 1.82) is 0 Å². The zero-order valence-corrected chi connectivity index (χ0v) is 22.2. The number of esters is 2. The van der Waals surface area contributed by atoms with Crippen LogP contribution in [0.15, 0.2) is 60.7 Å². The molecule has 0 heterocycles. The van der Waals surface area contributed by atoms with Gasteiger partial charge in [-0.1, -0.05) is 50.2 Å². The highest BCUT2D eigenvalue weighted by Crippen LogP contribution is 2.66. The van der Waals surface area contributed by atoms with Crippen molar-refractivity contribution in [3.05, 3.63) is 71.8 Å². The minimum atomic E-state index is -0.182. The summed E-state index contributed by atoms with van der Waals surface area (Å²) in [6.45, 7) is 4.94. The van der Waals surface area contributed by atoms with E-state index in [1.807, 2.05) is 60.7 Å². The van der Waals surface area contributed by atoms with Gasteiger partial charge in [-0.25, -0.2) is 9.59 Å². The van der Waals surface area contributed by atoms with Crippen molar-refractivity contribution < 1.29 is 19.1 Å². The second kappa shape index (κ2) is 9.60. The van der Waals surface area contributed by atoms with Gasteiger partial charge >= 0.3 is 11.9 Å². The Hall–Kier alpha value is -2.62. The Balaban J connectivity index is 1.12. The van der Waals surface area contributed by atoms with Gasteiger partial charge in [-0.05, 0) is 111 Å². The van der Waals surface area contributed by atoms with Gasteiger partial charge in [-0.3, -0.25) is 0 Å². The molecule has 4 heteroatoms. The Morgan fingerprint density at radius 2 is 1.27 bits per heavy atom. The van der Waals surface area contributed by atoms with Crippen molar-refractivity contribution in [2.45, 2.75) is 83.8 Å². The van der Waals surface area contributed by atoms with Crippen LogP contribution in [-0.4, -0.2) is 24.1 Å². The topological polar surface area (TPSA) is 52.6 Å². The van der Waals surface area contributed by atoms with E-state index >= 15 is 0 Å². The molecule has 196 valence electrons. The van der Waals surface area contributed by atoms with Crippen molar-refractivity contribution in [2.24, 2.45) is 34.5 Å². The first-order valence-corrected chi connectivity index (χ1v) is 14.4. The van der Waals surface area contributed by atoms with Crippen LogP contribution in [0.2, 0.25) is 0 Å². The molecule has 37 heavy (non-hydrogen) atoms. The fourth-order valence-corrected chi connectivity index (χ4v) is 9.04. The van der Waals surface area contributed by atoms with Gasteiger partial charge < -0.3 is 9.47 Å². The van der Waals surface area contributed by atoms with E-state index in [0.29, 0.717) is 34.3 Å². The summed E-state index contributed by atoms with van der Waals surface area (Å²) in [7, 11) is 0. The SMILES string of the molecule is C[C@]12CCC3C(CC[C@H]4C[C@@H](OC(=O)c5ccccc5)CC[C@]34C)C1CC[C@@H]2OC(=O)c1ccccc1. The van der Waals surface area contributed by atoms with Crippen LogP contribution in [0.5, 0.6) is 0 Å². The summed E-state index contributed by atoms with van der Waals surface area (Å²) in [5, 5.41) is 0. The summed E-state index contributed by atoms with van der Waals surface area (Å²) in [5.74, 6) is 2.33. The summed E-state index contributed by atoms with van der Waals surface area (Å²) in [6.07, 6.45) is 10.1. The third-order valence-corrected chi connectivity index (χ3v) is 11.1. The summed E-state index contributed by atoms with van der Waals surface area (Å²) < 4.78 is 12.2. The molecule has 2 aromatic carbocycles. The maximum atomic E-state index is 12.9. The Morgan fingerprint density at radius 1 is 0.676 bits per heavy atom. The lowest BCUT2D eigenvalue weighted by molar-refractivity contribution is -0.135. The first kappa shape index (κ1) is 24.7. The Kier molecular flexibility index (Phi) is 6.41. The van der Waals surface area contributed by atoms with Gasteiger partial charge in [0.15, 0.2) is 0 Å². The molecule has 0 spiro atoms. The smallest absolute Gasteiger partial charge is 0.338 e. The van der Waals surface area contributed by atoms with Crippen LogP contribution in [0.4, 0.5) is 0 Å². The van der Waals surface area contributed by atoms with Crippen LogP contribution in [-0.2, 0) is 9.47 Å². The quantitative estimate of drug-likeness (QED) is 0.408. The van der Waals surface area contributed by atoms with Crippen LogP contribution < -0.4 is 0 Å². The molecule has 6 rings (SSSR count). The van der Waals surface area contributed by atoms with E-state index in [4.69, 9.17) is 9.47 Å². The molecule has 0 aromatic heterocycles. The second-order valence-electron chi connectivity index (χ2n) is 12.7. The summed E-state index contributed by atoms with van der Waals surface area (Å²) in [5.41, 5.74) is 1.70. The van der Waals surface area contributed by atoms with Gasteiger partial charge in [0.05, 0.1) is 11.1 Å². The monoisotopic (exact) mass is 500 g/mol. The lowest BCUT2D eigenvalue weighted by Crippen LogP contribution is -2.55. The Morgan fingerprint density at radius 3 is 1.95 bits per heavy atom. The molecule has 0 amide bonds. The van der Waals surface area contributed by atoms with E-state index in [9.17, 15) is 9.59 Å². The van der Waals surface area contributed by atoms with Crippen LogP contribution in [0, 0.1) is 34.5 Å². The zero-order valence-electron chi connectivity index (χ0n) is 22.2. The van der Waals surface area contributed by atoms with Crippen molar-refractivity contribution >= 4 is 11.9 Å². The molecule has 8 atom stereocenters. The maximum Gasteiger partial charge on any atom is 0.338 e. The molecule has 0 N–H and O–H groups in total. The van der Waals surface area contributed by atoms with Crippen LogP contribution in [0.25, 0.3) is 0 Å². The standard InChI is InChI=1S/C33H40O4/c1-32-19-17-25(36-30(34)22-9-5-3-6-10-22)21-24(32)13-14-26-27-15-16-29(33(27,2)20-18-28(26)32)37-31(35)23-11-7-4-8-12-23/h3-12,24-29H,13-21H2,1-2H3/t24-,25-,26?,27?,28?,29-,32-,33-/m0/s1. The summed E-state index contributed by atoms with van der Waals surface area (Å²) in [4.78, 5) is 25.6. The van der Waals surface area contributed by atoms with Crippen molar-refractivity contribution in [3.63, 3.8) is 0 Å². The molecule has 3 unspecified atom stereocenters. The molecule has 4 nitrogen and oxygen atoms in total. The Bertz CT molecular complexity index is 1130. The van der Waals surface area contributed by atoms with E-state index in [1.54, 1.807) is 0 Å². The fourth-order valence-electron chi connectivity index (χ4n) is 9.04. The molecule has 2 aromatic rings. The largest absolute Gasteiger partial charge is 0.459 e. The average molecular weight is 501 g/mol. The van der Waals surface area contributed by atoms with Gasteiger partial charge in [-0.15, -0.1) is 0 Å². The number of hydrogen-bond acceptors (Lipinski definition) is 4. The van der Waals surface area contributed by atoms with E-state index in [0.717, 1.165) is 38.0 Å². The first-order valence-electron chi connectivity index (χ1n) is 14.4. The van der Waals surface area contributed by atoms with Gasteiger partial charge in [0, 0.05) is 5.41 Å². The highest BCUT2D eigenvalue weighted by molar-refractivity contribution is 5.89. The molecule has 4 aliphatic carbocycles. The Labute approximate surface area is 221 Å². The molecule has 4 saturated carbocycles. The minimum Gasteiger partial charge on any atom is -0.459 e. The van der Waals surface area contributed by atoms with E-state index in [2.05, 4.69) is 13.8 Å². The number of hydrogen-bond donors (Lipinski definition) is 0. The van der Waals surface area contributed by atoms with Crippen molar-refractivity contribution in [1.82, 2.24) is 0 Å². The first-order chi connectivity index (χ1) is 17.9. The molecular formula is C33H40O4. The van der Waals surface area contributed by atoms with Crippen LogP contribution >= 0.6 is 0 Å². The molecule has 0 bridgehead atoms. The van der Waals surface area contributed by atoms with E-state index < -0.39 is 0 Å². The van der Waals surface area contributed by atoms with E-state index in [-0.39, 0.29) is 29.6 Å². The van der Waals surface area contributed by atoms with Gasteiger partial charge in [0.2, 0.25) is 0 Å². The summed E-state index contributed by atoms with van der Waals surface area (Å²) >= 11 is 0. The van der Waals surface area contributed by atoms with Gasteiger partial charge in [-0.2, -0.15) is 0 Å². The maximum absolute atomic E-state index is 12.9. The number of ether oxygens (including phenoxy) is 2.